The van der Waals surface area contributed by atoms with Crippen LogP contribution in [0.25, 0.3) is 33.2 Å². The fourth-order valence-electron chi connectivity index (χ4n) is 3.49. The van der Waals surface area contributed by atoms with Gasteiger partial charge in [-0.2, -0.15) is 0 Å². The number of nitrogens with zero attached hydrogens (tertiary/aromatic N) is 4. The molecule has 3 aromatic heterocycles. The van der Waals surface area contributed by atoms with Crippen LogP contribution in [0.2, 0.25) is 0 Å². The number of pyridine rings is 1. The highest BCUT2D eigenvalue weighted by Crippen LogP contribution is 2.31. The van der Waals surface area contributed by atoms with E-state index in [2.05, 4.69) is 20.3 Å². The Hall–Kier alpha value is -4.43. The average molecular weight is 480 g/mol. The first kappa shape index (κ1) is 22.4. The zero-order chi connectivity index (χ0) is 24.0. The average Bonchev–Trinajstić information content (AvgIpc) is 3.41. The van der Waals surface area contributed by atoms with E-state index in [4.69, 9.17) is 9.72 Å². The minimum Gasteiger partial charge on any atom is -0.462 e. The lowest BCUT2D eigenvalue weighted by Crippen LogP contribution is -2.11. The third-order valence-electron chi connectivity index (χ3n) is 5.17. The second-order valence-electron chi connectivity index (χ2n) is 7.52. The summed E-state index contributed by atoms with van der Waals surface area (Å²) >= 11 is 1.58. The number of benzene rings is 2. The Balaban J connectivity index is 1.47. The molecule has 3 heterocycles. The van der Waals surface area contributed by atoms with Crippen molar-refractivity contribution in [1.82, 2.24) is 19.9 Å². The van der Waals surface area contributed by atoms with Gasteiger partial charge in [0.05, 0.1) is 12.3 Å². The maximum atomic E-state index is 12.6. The summed E-state index contributed by atoms with van der Waals surface area (Å²) in [5.41, 5.74) is 4.73. The third kappa shape index (κ3) is 5.07. The molecule has 0 aliphatic heterocycles. The normalized spacial score (nSPS) is 10.7. The van der Waals surface area contributed by atoms with Gasteiger partial charge in [0.15, 0.2) is 5.82 Å². The maximum Gasteiger partial charge on any atom is 0.343 e. The number of hydrogen-bond donors (Lipinski definition) is 1. The summed E-state index contributed by atoms with van der Waals surface area (Å²) in [6.45, 7) is 2.03. The Morgan fingerprint density at radius 2 is 1.74 bits per heavy atom. The van der Waals surface area contributed by atoms with Crippen LogP contribution >= 0.6 is 11.3 Å². The van der Waals surface area contributed by atoms with Gasteiger partial charge in [0, 0.05) is 46.3 Å². The Bertz CT molecular complexity index is 1460. The monoisotopic (exact) mass is 479 g/mol. The molecule has 35 heavy (non-hydrogen) atoms. The second-order valence-corrected chi connectivity index (χ2v) is 8.38. The maximum absolute atomic E-state index is 12.6. The molecule has 0 unspecified atom stereocenters. The van der Waals surface area contributed by atoms with E-state index >= 15 is 0 Å². The van der Waals surface area contributed by atoms with Gasteiger partial charge in [-0.3, -0.25) is 4.98 Å². The molecular formula is C27H21N5O2S. The predicted molar refractivity (Wildman–Crippen MR) is 137 cm³/mol. The summed E-state index contributed by atoms with van der Waals surface area (Å²) in [5.74, 6) is 0.413. The fraction of sp³-hybridized carbons (Fsp3) is 0.0741. The third-order valence-corrected chi connectivity index (χ3v) is 6.06. The highest BCUT2D eigenvalue weighted by molar-refractivity contribution is 7.13. The van der Waals surface area contributed by atoms with Crippen LogP contribution in [0.1, 0.15) is 17.3 Å². The van der Waals surface area contributed by atoms with Crippen LogP contribution in [0.3, 0.4) is 0 Å². The standard InChI is InChI=1S/C27H21N5O2S/c1-2-34-27(33)22-16-29-24(18-7-4-3-5-8-18)32-25(22)30-21-10-6-9-20(15-21)23-17-35-26(31-23)19-11-13-28-14-12-19/h3-17H,2H2,1H3,(H,29,30,32). The molecule has 5 rings (SSSR count). The van der Waals surface area contributed by atoms with E-state index in [-0.39, 0.29) is 12.2 Å². The van der Waals surface area contributed by atoms with E-state index < -0.39 is 5.97 Å². The number of thiazole rings is 1. The van der Waals surface area contributed by atoms with Gasteiger partial charge in [-0.05, 0) is 31.2 Å². The minimum absolute atomic E-state index is 0.262. The van der Waals surface area contributed by atoms with Crippen molar-refractivity contribution in [1.29, 1.82) is 0 Å². The summed E-state index contributed by atoms with van der Waals surface area (Å²) in [6, 6.07) is 21.3. The van der Waals surface area contributed by atoms with Crippen LogP contribution in [-0.4, -0.2) is 32.5 Å². The van der Waals surface area contributed by atoms with Crippen LogP contribution in [0.4, 0.5) is 11.5 Å². The van der Waals surface area contributed by atoms with Gasteiger partial charge in [-0.25, -0.2) is 19.7 Å². The van der Waals surface area contributed by atoms with E-state index in [1.807, 2.05) is 72.1 Å². The minimum atomic E-state index is -0.479. The van der Waals surface area contributed by atoms with E-state index in [0.29, 0.717) is 11.6 Å². The number of esters is 1. The zero-order valence-electron chi connectivity index (χ0n) is 18.9. The number of ether oxygens (including phenoxy) is 1. The number of nitrogens with one attached hydrogen (secondary N) is 1. The molecule has 0 bridgehead atoms. The van der Waals surface area contributed by atoms with Gasteiger partial charge in [-0.15, -0.1) is 11.3 Å². The lowest BCUT2D eigenvalue weighted by Gasteiger charge is -2.12. The SMILES string of the molecule is CCOC(=O)c1cnc(-c2ccccc2)nc1Nc1cccc(-c2csc(-c3ccncc3)n2)c1. The zero-order valence-corrected chi connectivity index (χ0v) is 19.7. The predicted octanol–water partition coefficient (Wildman–Crippen LogP) is 6.25. The molecule has 0 atom stereocenters. The number of carbonyl (C=O) groups excluding carboxylic acids is 1. The Kier molecular flexibility index (Phi) is 6.54. The molecule has 8 heteroatoms. The molecule has 0 spiro atoms. The molecule has 0 fully saturated rings. The van der Waals surface area contributed by atoms with Crippen LogP contribution in [0.5, 0.6) is 0 Å². The molecule has 0 saturated carbocycles. The van der Waals surface area contributed by atoms with Crippen molar-refractivity contribution >= 4 is 28.8 Å². The van der Waals surface area contributed by atoms with Crippen molar-refractivity contribution < 1.29 is 9.53 Å². The first-order chi connectivity index (χ1) is 17.2. The fourth-order valence-corrected chi connectivity index (χ4v) is 4.32. The molecule has 7 nitrogen and oxygen atoms in total. The quantitative estimate of drug-likeness (QED) is 0.276. The molecule has 1 N–H and O–H groups in total. The molecule has 0 radical (unpaired) electrons. The van der Waals surface area contributed by atoms with E-state index in [1.165, 1.54) is 6.20 Å². The first-order valence-electron chi connectivity index (χ1n) is 11.0. The van der Waals surface area contributed by atoms with E-state index in [9.17, 15) is 4.79 Å². The summed E-state index contributed by atoms with van der Waals surface area (Å²) in [7, 11) is 0. The van der Waals surface area contributed by atoms with Crippen LogP contribution in [-0.2, 0) is 4.74 Å². The number of hydrogen-bond acceptors (Lipinski definition) is 8. The number of aromatic nitrogens is 4. The molecule has 5 aromatic rings. The van der Waals surface area contributed by atoms with Gasteiger partial charge in [-0.1, -0.05) is 42.5 Å². The van der Waals surface area contributed by atoms with Crippen molar-refractivity contribution in [3.63, 3.8) is 0 Å². The highest BCUT2D eigenvalue weighted by Gasteiger charge is 2.17. The summed E-state index contributed by atoms with van der Waals surface area (Å²) in [4.78, 5) is 30.5. The van der Waals surface area contributed by atoms with Crippen LogP contribution in [0.15, 0.2) is 90.7 Å². The lowest BCUT2D eigenvalue weighted by molar-refractivity contribution is 0.0526. The van der Waals surface area contributed by atoms with Crippen molar-refractivity contribution in [2.45, 2.75) is 6.92 Å². The summed E-state index contributed by atoms with van der Waals surface area (Å²) in [5, 5.41) is 6.24. The smallest absolute Gasteiger partial charge is 0.343 e. The molecule has 0 aliphatic carbocycles. The number of anilines is 2. The largest absolute Gasteiger partial charge is 0.462 e. The molecule has 0 saturated heterocycles. The van der Waals surface area contributed by atoms with Crippen molar-refractivity contribution in [3.8, 4) is 33.2 Å². The second kappa shape index (κ2) is 10.2. The van der Waals surface area contributed by atoms with Gasteiger partial charge < -0.3 is 10.1 Å². The molecule has 0 amide bonds. The highest BCUT2D eigenvalue weighted by atomic mass is 32.1. The molecule has 2 aromatic carbocycles. The van der Waals surface area contributed by atoms with E-state index in [0.717, 1.165) is 33.1 Å². The van der Waals surface area contributed by atoms with Crippen LogP contribution in [0, 0.1) is 0 Å². The Morgan fingerprint density at radius 1 is 0.943 bits per heavy atom. The van der Waals surface area contributed by atoms with Gasteiger partial charge in [0.25, 0.3) is 0 Å². The number of carbonyl (C=O) groups is 1. The van der Waals surface area contributed by atoms with Gasteiger partial charge in [0.1, 0.15) is 16.4 Å². The topological polar surface area (TPSA) is 89.9 Å². The van der Waals surface area contributed by atoms with Crippen molar-refractivity contribution in [2.75, 3.05) is 11.9 Å². The van der Waals surface area contributed by atoms with Gasteiger partial charge >= 0.3 is 5.97 Å². The Labute approximate surface area is 206 Å². The van der Waals surface area contributed by atoms with Crippen molar-refractivity contribution in [2.24, 2.45) is 0 Å². The number of rotatable bonds is 7. The molecule has 0 aliphatic rings. The first-order valence-corrected chi connectivity index (χ1v) is 11.9. The van der Waals surface area contributed by atoms with Crippen molar-refractivity contribution in [3.05, 3.63) is 96.3 Å². The Morgan fingerprint density at radius 3 is 2.54 bits per heavy atom. The molecule has 172 valence electrons. The molecular weight excluding hydrogens is 458 g/mol. The van der Waals surface area contributed by atoms with E-state index in [1.54, 1.807) is 30.7 Å². The summed E-state index contributed by atoms with van der Waals surface area (Å²) < 4.78 is 5.22. The van der Waals surface area contributed by atoms with Crippen LogP contribution < -0.4 is 5.32 Å². The lowest BCUT2D eigenvalue weighted by atomic mass is 10.1. The van der Waals surface area contributed by atoms with Gasteiger partial charge in [0.2, 0.25) is 0 Å². The summed E-state index contributed by atoms with van der Waals surface area (Å²) in [6.07, 6.45) is 5.02.